The third-order valence-corrected chi connectivity index (χ3v) is 3.54. The van der Waals surface area contributed by atoms with Crippen LogP contribution in [0.4, 0.5) is 0 Å². The molecule has 2 heterocycles. The van der Waals surface area contributed by atoms with E-state index in [0.717, 1.165) is 30.5 Å². The normalized spacial score (nSPS) is 12.8. The van der Waals surface area contributed by atoms with E-state index in [1.165, 1.54) is 0 Å². The fraction of sp³-hybridized carbons (Fsp3) is 0.467. The van der Waals surface area contributed by atoms with Gasteiger partial charge in [0.05, 0.1) is 11.7 Å². The van der Waals surface area contributed by atoms with Crippen LogP contribution >= 0.6 is 0 Å². The van der Waals surface area contributed by atoms with Gasteiger partial charge < -0.3 is 5.73 Å². The Morgan fingerprint density at radius 2 is 1.84 bits per heavy atom. The minimum atomic E-state index is -0.0203. The van der Waals surface area contributed by atoms with Crippen molar-refractivity contribution >= 4 is 0 Å². The van der Waals surface area contributed by atoms with Crippen LogP contribution in [0.25, 0.3) is 0 Å². The van der Waals surface area contributed by atoms with Crippen molar-refractivity contribution in [1.29, 1.82) is 0 Å². The van der Waals surface area contributed by atoms with Crippen molar-refractivity contribution in [2.24, 2.45) is 5.73 Å². The number of pyridine rings is 1. The lowest BCUT2D eigenvalue weighted by Gasteiger charge is -2.13. The summed E-state index contributed by atoms with van der Waals surface area (Å²) in [6.07, 6.45) is 8.58. The number of nitrogens with zero attached hydrogens (tertiary/aromatic N) is 3. The van der Waals surface area contributed by atoms with Gasteiger partial charge in [0, 0.05) is 31.1 Å². The molecule has 2 N–H and O–H groups in total. The Morgan fingerprint density at radius 1 is 1.16 bits per heavy atom. The molecule has 2 aromatic heterocycles. The van der Waals surface area contributed by atoms with Crippen molar-refractivity contribution in [3.8, 4) is 0 Å². The summed E-state index contributed by atoms with van der Waals surface area (Å²) in [4.78, 5) is 4.01. The Morgan fingerprint density at radius 3 is 2.47 bits per heavy atom. The predicted molar refractivity (Wildman–Crippen MR) is 76.7 cm³/mol. The highest BCUT2D eigenvalue weighted by atomic mass is 15.3. The number of hydrogen-bond acceptors (Lipinski definition) is 3. The van der Waals surface area contributed by atoms with Crippen LogP contribution in [0.5, 0.6) is 0 Å². The van der Waals surface area contributed by atoms with Crippen LogP contribution in [-0.2, 0) is 6.42 Å². The molecular formula is C15H22N4. The number of nitrogens with two attached hydrogens (primary N) is 1. The standard InChI is InChI=1S/C15H22N4/c1-3-14(4-2)19-10-7-13(18-19)11-15(16)12-5-8-17-9-6-12/h5-10,14-15H,3-4,11,16H2,1-2H3. The molecule has 1 unspecified atom stereocenters. The lowest BCUT2D eigenvalue weighted by Crippen LogP contribution is -2.14. The highest BCUT2D eigenvalue weighted by molar-refractivity contribution is 5.17. The van der Waals surface area contributed by atoms with Crippen LogP contribution < -0.4 is 5.73 Å². The maximum atomic E-state index is 6.20. The minimum absolute atomic E-state index is 0.0203. The summed E-state index contributed by atoms with van der Waals surface area (Å²) in [5.41, 5.74) is 8.36. The summed E-state index contributed by atoms with van der Waals surface area (Å²) in [6, 6.07) is 6.46. The van der Waals surface area contributed by atoms with Gasteiger partial charge in [0.25, 0.3) is 0 Å². The zero-order chi connectivity index (χ0) is 13.7. The molecule has 0 aliphatic carbocycles. The molecule has 0 aliphatic heterocycles. The van der Waals surface area contributed by atoms with E-state index >= 15 is 0 Å². The van der Waals surface area contributed by atoms with Gasteiger partial charge in [0.15, 0.2) is 0 Å². The summed E-state index contributed by atoms with van der Waals surface area (Å²) < 4.78 is 2.06. The van der Waals surface area contributed by atoms with Crippen LogP contribution in [0.2, 0.25) is 0 Å². The molecule has 0 saturated heterocycles. The molecular weight excluding hydrogens is 236 g/mol. The van der Waals surface area contributed by atoms with Crippen LogP contribution in [0, 0.1) is 0 Å². The minimum Gasteiger partial charge on any atom is -0.324 e. The van der Waals surface area contributed by atoms with E-state index in [-0.39, 0.29) is 6.04 Å². The molecule has 0 aliphatic rings. The molecule has 4 nitrogen and oxygen atoms in total. The van der Waals surface area contributed by atoms with Crippen LogP contribution in [0.15, 0.2) is 36.8 Å². The molecule has 0 spiro atoms. The number of hydrogen-bond donors (Lipinski definition) is 1. The Hall–Kier alpha value is -1.68. The molecule has 1 atom stereocenters. The molecule has 0 bridgehead atoms. The molecule has 0 aromatic carbocycles. The fourth-order valence-corrected chi connectivity index (χ4v) is 2.31. The zero-order valence-electron chi connectivity index (χ0n) is 11.7. The summed E-state index contributed by atoms with van der Waals surface area (Å²) >= 11 is 0. The van der Waals surface area contributed by atoms with E-state index in [4.69, 9.17) is 5.73 Å². The lowest BCUT2D eigenvalue weighted by molar-refractivity contribution is 0.424. The smallest absolute Gasteiger partial charge is 0.0643 e. The van der Waals surface area contributed by atoms with E-state index in [0.29, 0.717) is 6.04 Å². The second-order valence-corrected chi connectivity index (χ2v) is 4.85. The maximum absolute atomic E-state index is 6.20. The number of rotatable bonds is 6. The van der Waals surface area contributed by atoms with Gasteiger partial charge in [0.1, 0.15) is 0 Å². The summed E-state index contributed by atoms with van der Waals surface area (Å²) in [5.74, 6) is 0. The van der Waals surface area contributed by atoms with E-state index in [1.807, 2.05) is 12.1 Å². The van der Waals surface area contributed by atoms with Crippen molar-refractivity contribution in [3.63, 3.8) is 0 Å². The third-order valence-electron chi connectivity index (χ3n) is 3.54. The first kappa shape index (κ1) is 13.7. The van der Waals surface area contributed by atoms with Gasteiger partial charge in [-0.15, -0.1) is 0 Å². The van der Waals surface area contributed by atoms with Crippen LogP contribution in [-0.4, -0.2) is 14.8 Å². The Bertz CT molecular complexity index is 488. The highest BCUT2D eigenvalue weighted by Gasteiger charge is 2.11. The molecule has 2 rings (SSSR count). The molecule has 0 radical (unpaired) electrons. The quantitative estimate of drug-likeness (QED) is 0.866. The van der Waals surface area contributed by atoms with Crippen molar-refractivity contribution < 1.29 is 0 Å². The maximum Gasteiger partial charge on any atom is 0.0643 e. The molecule has 0 fully saturated rings. The molecule has 19 heavy (non-hydrogen) atoms. The molecule has 0 amide bonds. The van der Waals surface area contributed by atoms with E-state index < -0.39 is 0 Å². The molecule has 0 saturated carbocycles. The van der Waals surface area contributed by atoms with E-state index in [2.05, 4.69) is 40.9 Å². The largest absolute Gasteiger partial charge is 0.324 e. The topological polar surface area (TPSA) is 56.7 Å². The SMILES string of the molecule is CCC(CC)n1ccc(CC(N)c2ccncc2)n1. The predicted octanol–water partition coefficient (Wildman–Crippen LogP) is 2.88. The average Bonchev–Trinajstić information content (AvgIpc) is 2.89. The van der Waals surface area contributed by atoms with Crippen LogP contribution in [0.1, 0.15) is 50.0 Å². The van der Waals surface area contributed by atoms with Gasteiger partial charge in [-0.3, -0.25) is 9.67 Å². The first-order valence-corrected chi connectivity index (χ1v) is 6.94. The second-order valence-electron chi connectivity index (χ2n) is 4.85. The Balaban J connectivity index is 2.04. The van der Waals surface area contributed by atoms with Gasteiger partial charge >= 0.3 is 0 Å². The van der Waals surface area contributed by atoms with E-state index in [1.54, 1.807) is 12.4 Å². The van der Waals surface area contributed by atoms with E-state index in [9.17, 15) is 0 Å². The highest BCUT2D eigenvalue weighted by Crippen LogP contribution is 2.17. The van der Waals surface area contributed by atoms with Crippen LogP contribution in [0.3, 0.4) is 0 Å². The zero-order valence-corrected chi connectivity index (χ0v) is 11.7. The van der Waals surface area contributed by atoms with Crippen molar-refractivity contribution in [2.45, 2.75) is 45.2 Å². The monoisotopic (exact) mass is 258 g/mol. The average molecular weight is 258 g/mol. The summed E-state index contributed by atoms with van der Waals surface area (Å²) in [6.45, 7) is 4.39. The van der Waals surface area contributed by atoms with Gasteiger partial charge in [-0.1, -0.05) is 13.8 Å². The lowest BCUT2D eigenvalue weighted by atomic mass is 10.0. The van der Waals surface area contributed by atoms with Crippen molar-refractivity contribution in [1.82, 2.24) is 14.8 Å². The summed E-state index contributed by atoms with van der Waals surface area (Å²) in [7, 11) is 0. The number of aromatic nitrogens is 3. The Kier molecular flexibility index (Phi) is 4.68. The third kappa shape index (κ3) is 3.41. The van der Waals surface area contributed by atoms with Gasteiger partial charge in [-0.2, -0.15) is 5.10 Å². The van der Waals surface area contributed by atoms with Crippen molar-refractivity contribution in [2.75, 3.05) is 0 Å². The molecule has 4 heteroatoms. The van der Waals surface area contributed by atoms with Gasteiger partial charge in [-0.05, 0) is 36.6 Å². The fourth-order valence-electron chi connectivity index (χ4n) is 2.31. The molecule has 2 aromatic rings. The van der Waals surface area contributed by atoms with Crippen molar-refractivity contribution in [3.05, 3.63) is 48.0 Å². The van der Waals surface area contributed by atoms with Gasteiger partial charge in [-0.25, -0.2) is 0 Å². The molecule has 102 valence electrons. The van der Waals surface area contributed by atoms with Gasteiger partial charge in [0.2, 0.25) is 0 Å². The Labute approximate surface area is 114 Å². The summed E-state index contributed by atoms with van der Waals surface area (Å²) in [5, 5.41) is 4.64. The first-order chi connectivity index (χ1) is 9.24. The second kappa shape index (κ2) is 6.48. The first-order valence-electron chi connectivity index (χ1n) is 6.94.